The summed E-state index contributed by atoms with van der Waals surface area (Å²) in [6.45, 7) is 1.06. The first-order chi connectivity index (χ1) is 20.7. The van der Waals surface area contributed by atoms with Gasteiger partial charge in [0, 0.05) is 53.7 Å². The Balaban J connectivity index is 1.27. The quantitative estimate of drug-likeness (QED) is 0.231. The van der Waals surface area contributed by atoms with Crippen molar-refractivity contribution in [2.75, 3.05) is 25.5 Å². The second kappa shape index (κ2) is 11.8. The summed E-state index contributed by atoms with van der Waals surface area (Å²) < 4.78 is 2.16. The number of benzene rings is 2. The molecule has 2 fully saturated rings. The Labute approximate surface area is 254 Å². The van der Waals surface area contributed by atoms with Crippen LogP contribution in [0.2, 0.25) is 0 Å². The lowest BCUT2D eigenvalue weighted by atomic mass is 9.93. The Hall–Kier alpha value is -4.28. The number of carbonyl (C=O) groups excluding carboxylic acids is 2. The molecule has 3 N–H and O–H groups in total. The number of nitrogens with one attached hydrogen (secondary N) is 2. The van der Waals surface area contributed by atoms with Crippen LogP contribution in [0.3, 0.4) is 0 Å². The number of thiazole rings is 1. The molecule has 2 aromatic carbocycles. The SMILES string of the molecule is CN1CC[C@@](NC(=O)c2ccc3c(C4CCCC4)c(-c4cscn4)n(C)c3c2)(C(=O)Nc2ccc(/C=C/C(=O)O)cc2)C1. The Kier molecular flexibility index (Phi) is 7.89. The van der Waals surface area contributed by atoms with Gasteiger partial charge < -0.3 is 25.2 Å². The molecular formula is C33H35N5O4S. The molecule has 6 rings (SSSR count). The number of likely N-dealkylation sites (N-methyl/N-ethyl adjacent to an activating group) is 1. The van der Waals surface area contributed by atoms with Crippen LogP contribution in [0.5, 0.6) is 0 Å². The van der Waals surface area contributed by atoms with Gasteiger partial charge in [0.25, 0.3) is 11.8 Å². The van der Waals surface area contributed by atoms with E-state index in [1.54, 1.807) is 35.6 Å². The zero-order valence-corrected chi connectivity index (χ0v) is 25.1. The van der Waals surface area contributed by atoms with Gasteiger partial charge in [-0.2, -0.15) is 0 Å². The van der Waals surface area contributed by atoms with Crippen LogP contribution in [0.25, 0.3) is 28.4 Å². The number of carbonyl (C=O) groups is 3. The summed E-state index contributed by atoms with van der Waals surface area (Å²) in [6.07, 6.45) is 7.80. The number of anilines is 1. The van der Waals surface area contributed by atoms with E-state index < -0.39 is 11.5 Å². The summed E-state index contributed by atoms with van der Waals surface area (Å²) in [5.74, 6) is -1.13. The van der Waals surface area contributed by atoms with E-state index in [1.807, 2.05) is 36.6 Å². The Morgan fingerprint density at radius 2 is 1.86 bits per heavy atom. The first-order valence-corrected chi connectivity index (χ1v) is 15.5. The van der Waals surface area contributed by atoms with E-state index in [0.29, 0.717) is 42.2 Å². The third-order valence-electron chi connectivity index (χ3n) is 8.77. The number of fused-ring (bicyclic) bond motifs is 1. The van der Waals surface area contributed by atoms with E-state index in [0.717, 1.165) is 41.2 Å². The third-order valence-corrected chi connectivity index (χ3v) is 9.36. The predicted octanol–water partition coefficient (Wildman–Crippen LogP) is 5.50. The number of amides is 2. The van der Waals surface area contributed by atoms with Crippen molar-refractivity contribution in [1.82, 2.24) is 19.8 Å². The Bertz CT molecular complexity index is 1700. The van der Waals surface area contributed by atoms with Crippen LogP contribution >= 0.6 is 11.3 Å². The van der Waals surface area contributed by atoms with E-state index in [4.69, 9.17) is 5.11 Å². The lowest BCUT2D eigenvalue weighted by Crippen LogP contribution is -2.58. The Morgan fingerprint density at radius 1 is 1.09 bits per heavy atom. The highest BCUT2D eigenvalue weighted by molar-refractivity contribution is 7.07. The van der Waals surface area contributed by atoms with E-state index >= 15 is 0 Å². The number of hydrogen-bond donors (Lipinski definition) is 3. The smallest absolute Gasteiger partial charge is 0.328 e. The van der Waals surface area contributed by atoms with Gasteiger partial charge in [-0.05, 0) is 73.7 Å². The van der Waals surface area contributed by atoms with E-state index in [2.05, 4.69) is 31.6 Å². The second-order valence-electron chi connectivity index (χ2n) is 11.7. The highest BCUT2D eigenvalue weighted by Crippen LogP contribution is 2.44. The van der Waals surface area contributed by atoms with Crippen LogP contribution in [0.1, 0.15) is 59.5 Å². The number of likely N-dealkylation sites (tertiary alicyclic amines) is 1. The van der Waals surface area contributed by atoms with Gasteiger partial charge in [0.2, 0.25) is 0 Å². The summed E-state index contributed by atoms with van der Waals surface area (Å²) in [6, 6.07) is 12.8. The Morgan fingerprint density at radius 3 is 2.51 bits per heavy atom. The standard InChI is InChI=1S/C33H35N5O4S/c1-37-16-15-33(19-37,32(42)35-24-11-7-21(8-12-24)9-14-28(39)40)36-31(41)23-10-13-25-27(17-23)38(2)30(26-18-43-20-34-26)29(25)22-5-3-4-6-22/h7-14,17-18,20,22H,3-6,15-16,19H2,1-2H3,(H,35,42)(H,36,41)(H,39,40)/b14-9+/t33-/m0/s1. The molecule has 2 aliphatic rings. The minimum atomic E-state index is -1.10. The van der Waals surface area contributed by atoms with E-state index in [1.165, 1.54) is 24.5 Å². The van der Waals surface area contributed by atoms with Gasteiger partial charge in [-0.25, -0.2) is 9.78 Å². The highest BCUT2D eigenvalue weighted by atomic mass is 32.1. The minimum Gasteiger partial charge on any atom is -0.478 e. The largest absolute Gasteiger partial charge is 0.478 e. The molecule has 9 nitrogen and oxygen atoms in total. The maximum absolute atomic E-state index is 13.8. The van der Waals surface area contributed by atoms with Gasteiger partial charge in [-0.3, -0.25) is 9.59 Å². The van der Waals surface area contributed by atoms with Gasteiger partial charge in [0.15, 0.2) is 0 Å². The molecule has 43 heavy (non-hydrogen) atoms. The molecular weight excluding hydrogens is 562 g/mol. The molecule has 1 saturated carbocycles. The van der Waals surface area contributed by atoms with Gasteiger partial charge in [0.05, 0.1) is 16.9 Å². The molecule has 2 amide bonds. The zero-order valence-electron chi connectivity index (χ0n) is 24.3. The van der Waals surface area contributed by atoms with Gasteiger partial charge in [0.1, 0.15) is 5.54 Å². The number of aryl methyl sites for hydroxylation is 1. The average Bonchev–Trinajstić information content (AvgIpc) is 3.81. The van der Waals surface area contributed by atoms with Crippen LogP contribution in [0, 0.1) is 0 Å². The summed E-state index contributed by atoms with van der Waals surface area (Å²) in [4.78, 5) is 44.9. The number of hydrogen-bond acceptors (Lipinski definition) is 6. The maximum Gasteiger partial charge on any atom is 0.328 e. The molecule has 3 heterocycles. The molecule has 1 atom stereocenters. The van der Waals surface area contributed by atoms with E-state index in [9.17, 15) is 14.4 Å². The van der Waals surface area contributed by atoms with Crippen LogP contribution in [0.4, 0.5) is 5.69 Å². The number of aromatic nitrogens is 2. The van der Waals surface area contributed by atoms with Crippen LogP contribution in [0.15, 0.2) is 59.4 Å². The number of carboxylic acid groups (broad SMARTS) is 1. The van der Waals surface area contributed by atoms with Crippen molar-refractivity contribution in [2.24, 2.45) is 7.05 Å². The summed E-state index contributed by atoms with van der Waals surface area (Å²) in [5.41, 5.74) is 6.93. The molecule has 0 unspecified atom stereocenters. The number of carboxylic acids is 1. The van der Waals surface area contributed by atoms with Crippen LogP contribution in [-0.4, -0.2) is 63.0 Å². The van der Waals surface area contributed by atoms with Crippen molar-refractivity contribution in [3.63, 3.8) is 0 Å². The van der Waals surface area contributed by atoms with Crippen molar-refractivity contribution in [3.05, 3.63) is 76.1 Å². The zero-order chi connectivity index (χ0) is 30.1. The minimum absolute atomic E-state index is 0.284. The van der Waals surface area contributed by atoms with Crippen LogP contribution < -0.4 is 10.6 Å². The van der Waals surface area contributed by atoms with Crippen molar-refractivity contribution in [2.45, 2.75) is 43.6 Å². The molecule has 0 spiro atoms. The molecule has 10 heteroatoms. The molecule has 0 bridgehead atoms. The van der Waals surface area contributed by atoms with Crippen molar-refractivity contribution in [3.8, 4) is 11.4 Å². The van der Waals surface area contributed by atoms with Gasteiger partial charge in [-0.15, -0.1) is 11.3 Å². The maximum atomic E-state index is 13.8. The molecule has 222 valence electrons. The molecule has 4 aromatic rings. The average molecular weight is 598 g/mol. The number of aliphatic carboxylic acids is 1. The topological polar surface area (TPSA) is 117 Å². The molecule has 1 saturated heterocycles. The molecule has 1 aliphatic carbocycles. The van der Waals surface area contributed by atoms with Gasteiger partial charge in [-0.1, -0.05) is 31.0 Å². The highest BCUT2D eigenvalue weighted by Gasteiger charge is 2.45. The number of rotatable bonds is 8. The van der Waals surface area contributed by atoms with Gasteiger partial charge >= 0.3 is 5.97 Å². The summed E-state index contributed by atoms with van der Waals surface area (Å²) in [7, 11) is 3.98. The fourth-order valence-corrected chi connectivity index (χ4v) is 7.14. The van der Waals surface area contributed by atoms with Crippen molar-refractivity contribution < 1.29 is 19.5 Å². The monoisotopic (exact) mass is 597 g/mol. The van der Waals surface area contributed by atoms with Crippen molar-refractivity contribution in [1.29, 1.82) is 0 Å². The lowest BCUT2D eigenvalue weighted by molar-refractivity contribution is -0.131. The predicted molar refractivity (Wildman–Crippen MR) is 169 cm³/mol. The second-order valence-corrected chi connectivity index (χ2v) is 12.4. The van der Waals surface area contributed by atoms with Crippen LogP contribution in [-0.2, 0) is 16.6 Å². The molecule has 2 aromatic heterocycles. The lowest BCUT2D eigenvalue weighted by Gasteiger charge is -2.29. The third kappa shape index (κ3) is 5.72. The number of nitrogens with zero attached hydrogens (tertiary/aromatic N) is 3. The molecule has 1 aliphatic heterocycles. The fraction of sp³-hybridized carbons (Fsp3) is 0.333. The first kappa shape index (κ1) is 28.8. The first-order valence-electron chi connectivity index (χ1n) is 14.6. The summed E-state index contributed by atoms with van der Waals surface area (Å²) in [5, 5.41) is 18.2. The molecule has 0 radical (unpaired) electrons. The fourth-order valence-electron chi connectivity index (χ4n) is 6.60. The summed E-state index contributed by atoms with van der Waals surface area (Å²) >= 11 is 1.58. The van der Waals surface area contributed by atoms with E-state index in [-0.39, 0.29) is 11.8 Å². The normalized spacial score (nSPS) is 19.4. The van der Waals surface area contributed by atoms with Crippen molar-refractivity contribution >= 4 is 51.8 Å².